The van der Waals surface area contributed by atoms with Gasteiger partial charge in [-0.25, -0.2) is 4.98 Å². The smallest absolute Gasteiger partial charge is 0.272 e. The van der Waals surface area contributed by atoms with E-state index >= 15 is 0 Å². The summed E-state index contributed by atoms with van der Waals surface area (Å²) in [6.45, 7) is 5.91. The van der Waals surface area contributed by atoms with Gasteiger partial charge in [0.15, 0.2) is 5.82 Å². The highest BCUT2D eigenvalue weighted by atomic mass is 16.2. The van der Waals surface area contributed by atoms with Gasteiger partial charge < -0.3 is 4.90 Å². The fraction of sp³-hybridized carbons (Fsp3) is 0.364. The average Bonchev–Trinajstić information content (AvgIpc) is 3.41. The number of aromatic nitrogens is 4. The fourth-order valence-corrected chi connectivity index (χ4v) is 4.82. The molecule has 2 aliphatic heterocycles. The van der Waals surface area contributed by atoms with Crippen LogP contribution in [-0.2, 0) is 12.0 Å². The summed E-state index contributed by atoms with van der Waals surface area (Å²) in [5, 5.41) is 7.52. The lowest BCUT2D eigenvalue weighted by Crippen LogP contribution is -2.40. The van der Waals surface area contributed by atoms with Gasteiger partial charge in [0.2, 0.25) is 0 Å². The van der Waals surface area contributed by atoms with Crippen molar-refractivity contribution >= 4 is 5.91 Å². The Bertz CT molecular complexity index is 1000. The monoisotopic (exact) mass is 388 g/mol. The van der Waals surface area contributed by atoms with Crippen LogP contribution in [0, 0.1) is 12.8 Å². The van der Waals surface area contributed by atoms with Gasteiger partial charge in [0.05, 0.1) is 5.41 Å². The predicted octanol–water partition coefficient (Wildman–Crippen LogP) is 2.03. The third-order valence-electron chi connectivity index (χ3n) is 6.14. The van der Waals surface area contributed by atoms with Crippen LogP contribution in [0.1, 0.15) is 27.7 Å². The Labute approximate surface area is 169 Å². The molecule has 7 heteroatoms. The van der Waals surface area contributed by atoms with Crippen LogP contribution in [0.5, 0.6) is 0 Å². The van der Waals surface area contributed by atoms with Crippen molar-refractivity contribution in [3.63, 3.8) is 0 Å². The van der Waals surface area contributed by atoms with Crippen molar-refractivity contribution in [3.05, 3.63) is 77.6 Å². The quantitative estimate of drug-likeness (QED) is 0.740. The summed E-state index contributed by atoms with van der Waals surface area (Å²) >= 11 is 0. The van der Waals surface area contributed by atoms with Crippen molar-refractivity contribution in [2.75, 3.05) is 26.2 Å². The Balaban J connectivity index is 1.42. The van der Waals surface area contributed by atoms with E-state index in [2.05, 4.69) is 49.3 Å². The molecule has 2 fully saturated rings. The van der Waals surface area contributed by atoms with Crippen LogP contribution in [0.2, 0.25) is 0 Å². The molecule has 0 bridgehead atoms. The molecule has 2 atom stereocenters. The Morgan fingerprint density at radius 1 is 1.14 bits per heavy atom. The number of nitrogens with zero attached hydrogens (tertiary/aromatic N) is 5. The number of benzene rings is 1. The summed E-state index contributed by atoms with van der Waals surface area (Å²) in [5.74, 6) is 1.92. The van der Waals surface area contributed by atoms with Crippen molar-refractivity contribution < 1.29 is 4.79 Å². The van der Waals surface area contributed by atoms with Crippen LogP contribution in [-0.4, -0.2) is 62.1 Å². The number of rotatable bonds is 4. The zero-order valence-corrected chi connectivity index (χ0v) is 16.5. The van der Waals surface area contributed by atoms with E-state index in [0.717, 1.165) is 31.3 Å². The Morgan fingerprint density at radius 2 is 1.97 bits per heavy atom. The van der Waals surface area contributed by atoms with E-state index in [0.29, 0.717) is 24.7 Å². The standard InChI is InChI=1S/C22H24N6O/c1-16-24-21(26-25-16)22-14-27(11-17-7-3-2-4-8-17)12-18(22)13-28(15-22)20(29)19-9-5-6-10-23-19/h2-10,18H,11-15H2,1H3,(H,24,25,26)/t18-,22-/m0/s1. The summed E-state index contributed by atoms with van der Waals surface area (Å²) in [6.07, 6.45) is 1.67. The van der Waals surface area contributed by atoms with Gasteiger partial charge in [0, 0.05) is 44.8 Å². The highest BCUT2D eigenvalue weighted by Crippen LogP contribution is 2.44. The molecule has 1 aromatic carbocycles. The molecule has 29 heavy (non-hydrogen) atoms. The molecular formula is C22H24N6O. The number of aryl methyl sites for hydroxylation is 1. The zero-order valence-electron chi connectivity index (χ0n) is 16.5. The number of hydrogen-bond acceptors (Lipinski definition) is 5. The number of carbonyl (C=O) groups excluding carboxylic acids is 1. The van der Waals surface area contributed by atoms with E-state index in [9.17, 15) is 4.79 Å². The zero-order chi connectivity index (χ0) is 19.8. The average molecular weight is 388 g/mol. The fourth-order valence-electron chi connectivity index (χ4n) is 4.82. The normalized spacial score (nSPS) is 24.0. The molecule has 0 aliphatic carbocycles. The van der Waals surface area contributed by atoms with Crippen LogP contribution in [0.3, 0.4) is 0 Å². The van der Waals surface area contributed by atoms with Gasteiger partial charge in [-0.2, -0.15) is 5.10 Å². The lowest BCUT2D eigenvalue weighted by atomic mass is 9.80. The first kappa shape index (κ1) is 18.0. The maximum absolute atomic E-state index is 13.0. The summed E-state index contributed by atoms with van der Waals surface area (Å²) < 4.78 is 0. The van der Waals surface area contributed by atoms with Crippen LogP contribution in [0.15, 0.2) is 54.7 Å². The predicted molar refractivity (Wildman–Crippen MR) is 108 cm³/mol. The number of amides is 1. The molecule has 2 aliphatic rings. The van der Waals surface area contributed by atoms with Gasteiger partial charge in [-0.3, -0.25) is 19.8 Å². The highest BCUT2D eigenvalue weighted by molar-refractivity contribution is 5.92. The number of H-pyrrole nitrogens is 1. The molecule has 0 radical (unpaired) electrons. The van der Waals surface area contributed by atoms with E-state index in [1.54, 1.807) is 12.3 Å². The first-order valence-corrected chi connectivity index (χ1v) is 10.0. The molecule has 1 N–H and O–H groups in total. The lowest BCUT2D eigenvalue weighted by molar-refractivity contribution is 0.0763. The molecule has 5 rings (SSSR count). The maximum Gasteiger partial charge on any atom is 0.272 e. The number of aromatic amines is 1. The van der Waals surface area contributed by atoms with Crippen molar-refractivity contribution in [2.24, 2.45) is 5.92 Å². The third kappa shape index (κ3) is 3.21. The molecule has 0 spiro atoms. The van der Waals surface area contributed by atoms with Crippen LogP contribution in [0.4, 0.5) is 0 Å². The lowest BCUT2D eigenvalue weighted by Gasteiger charge is -2.27. The second-order valence-electron chi connectivity index (χ2n) is 8.15. The van der Waals surface area contributed by atoms with Crippen molar-refractivity contribution in [1.29, 1.82) is 0 Å². The first-order chi connectivity index (χ1) is 14.1. The van der Waals surface area contributed by atoms with Crippen LogP contribution >= 0.6 is 0 Å². The van der Waals surface area contributed by atoms with Crippen LogP contribution < -0.4 is 0 Å². The van der Waals surface area contributed by atoms with Gasteiger partial charge in [0.25, 0.3) is 5.91 Å². The molecule has 2 saturated heterocycles. The minimum atomic E-state index is -0.246. The highest BCUT2D eigenvalue weighted by Gasteiger charge is 2.56. The second kappa shape index (κ2) is 7.08. The molecule has 0 saturated carbocycles. The van der Waals surface area contributed by atoms with E-state index < -0.39 is 0 Å². The van der Waals surface area contributed by atoms with Gasteiger partial charge in [-0.1, -0.05) is 36.4 Å². The van der Waals surface area contributed by atoms with Gasteiger partial charge in [-0.05, 0) is 24.6 Å². The molecule has 1 amide bonds. The summed E-state index contributed by atoms with van der Waals surface area (Å²) in [5.41, 5.74) is 1.55. The Kier molecular flexibility index (Phi) is 4.39. The van der Waals surface area contributed by atoms with Gasteiger partial charge in [0.1, 0.15) is 11.5 Å². The molecule has 148 valence electrons. The first-order valence-electron chi connectivity index (χ1n) is 10.0. The summed E-state index contributed by atoms with van der Waals surface area (Å²) in [4.78, 5) is 26.4. The van der Waals surface area contributed by atoms with E-state index in [4.69, 9.17) is 0 Å². The number of likely N-dealkylation sites (tertiary alicyclic amines) is 2. The summed E-state index contributed by atoms with van der Waals surface area (Å²) in [7, 11) is 0. The number of fused-ring (bicyclic) bond motifs is 1. The van der Waals surface area contributed by atoms with Crippen molar-refractivity contribution in [2.45, 2.75) is 18.9 Å². The van der Waals surface area contributed by atoms with E-state index in [1.807, 2.05) is 30.0 Å². The topological polar surface area (TPSA) is 78.0 Å². The molecule has 3 aromatic rings. The minimum Gasteiger partial charge on any atom is -0.336 e. The van der Waals surface area contributed by atoms with Crippen LogP contribution in [0.25, 0.3) is 0 Å². The summed E-state index contributed by atoms with van der Waals surface area (Å²) in [6, 6.07) is 16.0. The molecule has 4 heterocycles. The maximum atomic E-state index is 13.0. The molecule has 0 unspecified atom stereocenters. The third-order valence-corrected chi connectivity index (χ3v) is 6.14. The molecule has 2 aromatic heterocycles. The van der Waals surface area contributed by atoms with Crippen molar-refractivity contribution in [3.8, 4) is 0 Å². The number of hydrogen-bond donors (Lipinski definition) is 1. The van der Waals surface area contributed by atoms with E-state index in [1.165, 1.54) is 5.56 Å². The number of carbonyl (C=O) groups is 1. The minimum absolute atomic E-state index is 0.0127. The Morgan fingerprint density at radius 3 is 2.69 bits per heavy atom. The molecule has 7 nitrogen and oxygen atoms in total. The number of pyridine rings is 1. The van der Waals surface area contributed by atoms with Gasteiger partial charge in [-0.15, -0.1) is 0 Å². The van der Waals surface area contributed by atoms with Crippen molar-refractivity contribution in [1.82, 2.24) is 30.0 Å². The molecular weight excluding hydrogens is 364 g/mol. The van der Waals surface area contributed by atoms with Gasteiger partial charge >= 0.3 is 0 Å². The Hall–Kier alpha value is -3.06. The second-order valence-corrected chi connectivity index (χ2v) is 8.15. The SMILES string of the molecule is Cc1nc([C@]23CN(Cc4ccccc4)C[C@H]2CN(C(=O)c2ccccn2)C3)n[nH]1. The number of nitrogens with one attached hydrogen (secondary N) is 1. The van der Waals surface area contributed by atoms with E-state index in [-0.39, 0.29) is 11.3 Å². The largest absolute Gasteiger partial charge is 0.336 e.